The second-order valence-electron chi connectivity index (χ2n) is 5.10. The van der Waals surface area contributed by atoms with Gasteiger partial charge in [-0.05, 0) is 32.4 Å². The van der Waals surface area contributed by atoms with Crippen molar-refractivity contribution >= 4 is 0 Å². The zero-order valence-electron chi connectivity index (χ0n) is 11.2. The van der Waals surface area contributed by atoms with Crippen molar-refractivity contribution in [1.29, 1.82) is 0 Å². The van der Waals surface area contributed by atoms with E-state index in [2.05, 4.69) is 41.3 Å². The minimum Gasteiger partial charge on any atom is -0.308 e. The molecular formula is C14H20N4. The standard InChI is InChI=1S/C14H20N4/c1-4-14(2,3)16-9-12-10-17-18-13(12)11-6-5-7-15-8-11/h5-8,10,16H,4,9H2,1-3H3,(H,17,18). The first-order chi connectivity index (χ1) is 8.62. The van der Waals surface area contributed by atoms with Crippen molar-refractivity contribution < 1.29 is 0 Å². The average Bonchev–Trinajstić information content (AvgIpc) is 2.86. The number of hydrogen-bond donors (Lipinski definition) is 2. The monoisotopic (exact) mass is 244 g/mol. The molecule has 2 aromatic rings. The van der Waals surface area contributed by atoms with E-state index in [1.807, 2.05) is 24.5 Å². The van der Waals surface area contributed by atoms with Gasteiger partial charge >= 0.3 is 0 Å². The van der Waals surface area contributed by atoms with Gasteiger partial charge in [0.15, 0.2) is 0 Å². The smallest absolute Gasteiger partial charge is 0.0710 e. The molecule has 2 N–H and O–H groups in total. The highest BCUT2D eigenvalue weighted by atomic mass is 15.1. The van der Waals surface area contributed by atoms with Crippen LogP contribution in [0.3, 0.4) is 0 Å². The highest BCUT2D eigenvalue weighted by Crippen LogP contribution is 2.20. The summed E-state index contributed by atoms with van der Waals surface area (Å²) < 4.78 is 0. The van der Waals surface area contributed by atoms with Gasteiger partial charge in [-0.15, -0.1) is 0 Å². The van der Waals surface area contributed by atoms with E-state index < -0.39 is 0 Å². The third-order valence-electron chi connectivity index (χ3n) is 3.31. The lowest BCUT2D eigenvalue weighted by atomic mass is 10.0. The van der Waals surface area contributed by atoms with Gasteiger partial charge in [-0.25, -0.2) is 0 Å². The molecule has 0 saturated carbocycles. The Hall–Kier alpha value is -1.68. The van der Waals surface area contributed by atoms with E-state index in [1.165, 1.54) is 5.56 Å². The third-order valence-corrected chi connectivity index (χ3v) is 3.31. The summed E-state index contributed by atoms with van der Waals surface area (Å²) in [5.74, 6) is 0. The van der Waals surface area contributed by atoms with Gasteiger partial charge in [0.05, 0.1) is 11.9 Å². The Morgan fingerprint density at radius 3 is 2.83 bits per heavy atom. The average molecular weight is 244 g/mol. The molecule has 96 valence electrons. The fourth-order valence-corrected chi connectivity index (χ4v) is 1.67. The first-order valence-electron chi connectivity index (χ1n) is 6.30. The van der Waals surface area contributed by atoms with E-state index in [1.54, 1.807) is 6.20 Å². The molecule has 0 aromatic carbocycles. The zero-order valence-corrected chi connectivity index (χ0v) is 11.2. The number of nitrogens with zero attached hydrogens (tertiary/aromatic N) is 2. The number of H-pyrrole nitrogens is 1. The molecule has 18 heavy (non-hydrogen) atoms. The summed E-state index contributed by atoms with van der Waals surface area (Å²) in [6.07, 6.45) is 6.59. The molecule has 0 aliphatic rings. The SMILES string of the molecule is CCC(C)(C)NCc1cn[nH]c1-c1cccnc1. The Bertz CT molecular complexity index is 488. The van der Waals surface area contributed by atoms with Crippen LogP contribution in [0.5, 0.6) is 0 Å². The van der Waals surface area contributed by atoms with E-state index >= 15 is 0 Å². The molecule has 2 rings (SSSR count). The molecule has 0 bridgehead atoms. The Kier molecular flexibility index (Phi) is 3.77. The molecule has 2 aromatic heterocycles. The Morgan fingerprint density at radius 2 is 2.17 bits per heavy atom. The summed E-state index contributed by atoms with van der Waals surface area (Å²) in [6.45, 7) is 7.40. The van der Waals surface area contributed by atoms with Crippen molar-refractivity contribution in [3.63, 3.8) is 0 Å². The molecule has 0 atom stereocenters. The predicted octanol–water partition coefficient (Wildman–Crippen LogP) is 2.75. The number of nitrogens with one attached hydrogen (secondary N) is 2. The van der Waals surface area contributed by atoms with Crippen LogP contribution in [0.1, 0.15) is 32.8 Å². The fraction of sp³-hybridized carbons (Fsp3) is 0.429. The van der Waals surface area contributed by atoms with Crippen molar-refractivity contribution in [2.24, 2.45) is 0 Å². The molecule has 0 saturated heterocycles. The molecule has 0 aliphatic carbocycles. The fourth-order valence-electron chi connectivity index (χ4n) is 1.67. The van der Waals surface area contributed by atoms with Gasteiger partial charge in [-0.3, -0.25) is 10.1 Å². The minimum atomic E-state index is 0.142. The van der Waals surface area contributed by atoms with E-state index in [4.69, 9.17) is 0 Å². The first kappa shape index (κ1) is 12.8. The van der Waals surface area contributed by atoms with Crippen LogP contribution in [0.2, 0.25) is 0 Å². The van der Waals surface area contributed by atoms with Crippen molar-refractivity contribution in [2.45, 2.75) is 39.3 Å². The number of aromatic nitrogens is 3. The number of aromatic amines is 1. The molecule has 0 unspecified atom stereocenters. The zero-order chi connectivity index (χ0) is 13.0. The summed E-state index contributed by atoms with van der Waals surface area (Å²) in [7, 11) is 0. The summed E-state index contributed by atoms with van der Waals surface area (Å²) in [5.41, 5.74) is 3.43. The van der Waals surface area contributed by atoms with E-state index in [0.717, 1.165) is 24.2 Å². The predicted molar refractivity (Wildman–Crippen MR) is 73.0 cm³/mol. The highest BCUT2D eigenvalue weighted by Gasteiger charge is 2.15. The van der Waals surface area contributed by atoms with Crippen molar-refractivity contribution in [1.82, 2.24) is 20.5 Å². The second-order valence-corrected chi connectivity index (χ2v) is 5.10. The molecule has 0 spiro atoms. The molecule has 2 heterocycles. The van der Waals surface area contributed by atoms with Crippen LogP contribution >= 0.6 is 0 Å². The maximum absolute atomic E-state index is 4.14. The normalized spacial score (nSPS) is 11.7. The lowest BCUT2D eigenvalue weighted by Crippen LogP contribution is -2.37. The van der Waals surface area contributed by atoms with Gasteiger partial charge < -0.3 is 5.32 Å². The van der Waals surface area contributed by atoms with Crippen molar-refractivity contribution in [2.75, 3.05) is 0 Å². The molecule has 0 aliphatic heterocycles. The minimum absolute atomic E-state index is 0.142. The number of pyridine rings is 1. The largest absolute Gasteiger partial charge is 0.308 e. The van der Waals surface area contributed by atoms with E-state index in [-0.39, 0.29) is 5.54 Å². The summed E-state index contributed by atoms with van der Waals surface area (Å²) in [4.78, 5) is 4.14. The van der Waals surface area contributed by atoms with Crippen molar-refractivity contribution in [3.05, 3.63) is 36.3 Å². The Labute approximate surface area is 108 Å². The van der Waals surface area contributed by atoms with Gasteiger partial charge in [0.1, 0.15) is 0 Å². The van der Waals surface area contributed by atoms with Crippen LogP contribution in [0.15, 0.2) is 30.7 Å². The molecule has 4 heteroatoms. The molecule has 0 radical (unpaired) electrons. The summed E-state index contributed by atoms with van der Waals surface area (Å²) >= 11 is 0. The quantitative estimate of drug-likeness (QED) is 0.850. The molecule has 4 nitrogen and oxygen atoms in total. The van der Waals surface area contributed by atoms with Crippen LogP contribution < -0.4 is 5.32 Å². The van der Waals surface area contributed by atoms with Gasteiger partial charge in [-0.1, -0.05) is 6.92 Å². The summed E-state index contributed by atoms with van der Waals surface area (Å²) in [6, 6.07) is 3.97. The van der Waals surface area contributed by atoms with Gasteiger partial charge in [0, 0.05) is 35.6 Å². The first-order valence-corrected chi connectivity index (χ1v) is 6.30. The van der Waals surface area contributed by atoms with Gasteiger partial charge in [0.25, 0.3) is 0 Å². The van der Waals surface area contributed by atoms with Crippen LogP contribution in [0.25, 0.3) is 11.3 Å². The van der Waals surface area contributed by atoms with E-state index in [0.29, 0.717) is 0 Å². The third kappa shape index (κ3) is 2.96. The lowest BCUT2D eigenvalue weighted by Gasteiger charge is -2.24. The van der Waals surface area contributed by atoms with Crippen LogP contribution in [0, 0.1) is 0 Å². The maximum Gasteiger partial charge on any atom is 0.0710 e. The van der Waals surface area contributed by atoms with Gasteiger partial charge in [0.2, 0.25) is 0 Å². The molecular weight excluding hydrogens is 224 g/mol. The van der Waals surface area contributed by atoms with E-state index in [9.17, 15) is 0 Å². The van der Waals surface area contributed by atoms with Crippen LogP contribution in [-0.2, 0) is 6.54 Å². The van der Waals surface area contributed by atoms with Crippen molar-refractivity contribution in [3.8, 4) is 11.3 Å². The Morgan fingerprint density at radius 1 is 1.33 bits per heavy atom. The van der Waals surface area contributed by atoms with Crippen LogP contribution in [-0.4, -0.2) is 20.7 Å². The maximum atomic E-state index is 4.14. The second kappa shape index (κ2) is 5.31. The molecule has 0 amide bonds. The topological polar surface area (TPSA) is 53.6 Å². The molecule has 0 fully saturated rings. The number of hydrogen-bond acceptors (Lipinski definition) is 3. The van der Waals surface area contributed by atoms with Gasteiger partial charge in [-0.2, -0.15) is 5.10 Å². The number of rotatable bonds is 5. The summed E-state index contributed by atoms with van der Waals surface area (Å²) in [5, 5.41) is 10.7. The lowest BCUT2D eigenvalue weighted by molar-refractivity contribution is 0.375. The Balaban J connectivity index is 2.14. The van der Waals surface area contributed by atoms with Crippen LogP contribution in [0.4, 0.5) is 0 Å². The highest BCUT2D eigenvalue weighted by molar-refractivity contribution is 5.61.